The number of hydrogen-bond donors (Lipinski definition) is 1. The predicted octanol–water partition coefficient (Wildman–Crippen LogP) is 2.31. The summed E-state index contributed by atoms with van der Waals surface area (Å²) in [4.78, 5) is 14.4. The summed E-state index contributed by atoms with van der Waals surface area (Å²) in [5.41, 5.74) is 1.10. The molecule has 1 aromatic rings. The summed E-state index contributed by atoms with van der Waals surface area (Å²) in [5, 5.41) is 3.40. The number of rotatable bonds is 4. The van der Waals surface area contributed by atoms with Crippen LogP contribution in [-0.4, -0.2) is 30.5 Å². The highest BCUT2D eigenvalue weighted by molar-refractivity contribution is 5.84. The zero-order valence-electron chi connectivity index (χ0n) is 12.1. The van der Waals surface area contributed by atoms with E-state index in [1.807, 2.05) is 30.0 Å². The van der Waals surface area contributed by atoms with Crippen molar-refractivity contribution in [2.75, 3.05) is 13.7 Å². The van der Waals surface area contributed by atoms with E-state index in [4.69, 9.17) is 4.74 Å². The largest absolute Gasteiger partial charge is 0.497 e. The van der Waals surface area contributed by atoms with Crippen LogP contribution in [0.1, 0.15) is 37.9 Å². The fourth-order valence-electron chi connectivity index (χ4n) is 3.01. The molecule has 2 unspecified atom stereocenters. The van der Waals surface area contributed by atoms with Crippen molar-refractivity contribution in [2.24, 2.45) is 5.92 Å². The average Bonchev–Trinajstić information content (AvgIpc) is 2.70. The first kappa shape index (κ1) is 13.4. The Balaban J connectivity index is 1.82. The lowest BCUT2D eigenvalue weighted by Gasteiger charge is -2.33. The SMILES string of the molecule is COc1cccc(C2NC(C)C(=O)N2CC2CCC2)c1. The van der Waals surface area contributed by atoms with Crippen LogP contribution in [0.4, 0.5) is 0 Å². The van der Waals surface area contributed by atoms with Crippen LogP contribution in [0.15, 0.2) is 24.3 Å². The van der Waals surface area contributed by atoms with Crippen LogP contribution in [0.25, 0.3) is 0 Å². The zero-order valence-corrected chi connectivity index (χ0v) is 12.1. The van der Waals surface area contributed by atoms with Crippen molar-refractivity contribution >= 4 is 5.91 Å². The van der Waals surface area contributed by atoms with E-state index in [1.165, 1.54) is 19.3 Å². The molecule has 1 saturated carbocycles. The number of methoxy groups -OCH3 is 1. The number of amides is 1. The summed E-state index contributed by atoms with van der Waals surface area (Å²) in [7, 11) is 1.67. The minimum absolute atomic E-state index is 0.0202. The topological polar surface area (TPSA) is 41.6 Å². The molecule has 4 nitrogen and oxygen atoms in total. The normalized spacial score (nSPS) is 26.7. The van der Waals surface area contributed by atoms with Gasteiger partial charge in [0.15, 0.2) is 0 Å². The minimum atomic E-state index is -0.105. The van der Waals surface area contributed by atoms with Crippen molar-refractivity contribution in [1.82, 2.24) is 10.2 Å². The lowest BCUT2D eigenvalue weighted by molar-refractivity contribution is -0.130. The molecule has 108 valence electrons. The zero-order chi connectivity index (χ0) is 14.1. The summed E-state index contributed by atoms with van der Waals surface area (Å²) in [5.74, 6) is 1.73. The van der Waals surface area contributed by atoms with Gasteiger partial charge in [-0.15, -0.1) is 0 Å². The van der Waals surface area contributed by atoms with Crippen molar-refractivity contribution in [3.8, 4) is 5.75 Å². The quantitative estimate of drug-likeness (QED) is 0.916. The number of carbonyl (C=O) groups is 1. The van der Waals surface area contributed by atoms with E-state index in [0.29, 0.717) is 5.92 Å². The van der Waals surface area contributed by atoms with Gasteiger partial charge in [0.1, 0.15) is 11.9 Å². The fourth-order valence-corrected chi connectivity index (χ4v) is 3.01. The van der Waals surface area contributed by atoms with Crippen molar-refractivity contribution < 1.29 is 9.53 Å². The van der Waals surface area contributed by atoms with Crippen LogP contribution >= 0.6 is 0 Å². The highest BCUT2D eigenvalue weighted by atomic mass is 16.5. The molecular weight excluding hydrogens is 252 g/mol. The second-order valence-corrected chi connectivity index (χ2v) is 5.86. The van der Waals surface area contributed by atoms with Gasteiger partial charge in [0.25, 0.3) is 0 Å². The maximum absolute atomic E-state index is 12.4. The van der Waals surface area contributed by atoms with Gasteiger partial charge in [0, 0.05) is 6.54 Å². The van der Waals surface area contributed by atoms with Crippen LogP contribution in [-0.2, 0) is 4.79 Å². The predicted molar refractivity (Wildman–Crippen MR) is 77.4 cm³/mol. The molecule has 0 bridgehead atoms. The van der Waals surface area contributed by atoms with E-state index in [0.717, 1.165) is 17.9 Å². The molecular formula is C16H22N2O2. The molecule has 0 radical (unpaired) electrons. The number of nitrogens with zero attached hydrogens (tertiary/aromatic N) is 1. The summed E-state index contributed by atoms with van der Waals surface area (Å²) in [6.07, 6.45) is 3.79. The van der Waals surface area contributed by atoms with E-state index in [9.17, 15) is 4.79 Å². The van der Waals surface area contributed by atoms with Crippen molar-refractivity contribution in [3.63, 3.8) is 0 Å². The Bertz CT molecular complexity index is 499. The van der Waals surface area contributed by atoms with E-state index in [-0.39, 0.29) is 18.1 Å². The van der Waals surface area contributed by atoms with Crippen molar-refractivity contribution in [1.29, 1.82) is 0 Å². The summed E-state index contributed by atoms with van der Waals surface area (Å²) >= 11 is 0. The number of benzene rings is 1. The third kappa shape index (κ3) is 2.40. The first-order valence-corrected chi connectivity index (χ1v) is 7.39. The van der Waals surface area contributed by atoms with Gasteiger partial charge in [0.2, 0.25) is 5.91 Å². The molecule has 2 aliphatic rings. The highest BCUT2D eigenvalue weighted by Gasteiger charge is 2.38. The van der Waals surface area contributed by atoms with E-state index >= 15 is 0 Å². The van der Waals surface area contributed by atoms with Gasteiger partial charge in [-0.1, -0.05) is 18.6 Å². The molecule has 2 fully saturated rings. The van der Waals surface area contributed by atoms with Crippen LogP contribution < -0.4 is 10.1 Å². The standard InChI is InChI=1S/C16H22N2O2/c1-11-16(19)18(10-12-5-3-6-12)15(17-11)13-7-4-8-14(9-13)20-2/h4,7-9,11-12,15,17H,3,5-6,10H2,1-2H3. The Labute approximate surface area is 120 Å². The van der Waals surface area contributed by atoms with E-state index in [2.05, 4.69) is 11.4 Å². The molecule has 1 aliphatic carbocycles. The number of hydrogen-bond acceptors (Lipinski definition) is 3. The van der Waals surface area contributed by atoms with E-state index < -0.39 is 0 Å². The monoisotopic (exact) mass is 274 g/mol. The molecule has 1 aromatic carbocycles. The van der Waals surface area contributed by atoms with Gasteiger partial charge in [0.05, 0.1) is 13.2 Å². The highest BCUT2D eigenvalue weighted by Crippen LogP contribution is 2.33. The molecule has 20 heavy (non-hydrogen) atoms. The van der Waals surface area contributed by atoms with Gasteiger partial charge in [-0.25, -0.2) is 0 Å². The molecule has 1 heterocycles. The molecule has 0 spiro atoms. The van der Waals surface area contributed by atoms with Crippen molar-refractivity contribution in [3.05, 3.63) is 29.8 Å². The summed E-state index contributed by atoms with van der Waals surface area (Å²) < 4.78 is 5.29. The van der Waals surface area contributed by atoms with Gasteiger partial charge < -0.3 is 9.64 Å². The molecule has 1 N–H and O–H groups in total. The molecule has 1 amide bonds. The Morgan fingerprint density at radius 2 is 2.20 bits per heavy atom. The second kappa shape index (κ2) is 5.44. The van der Waals surface area contributed by atoms with Crippen LogP contribution in [0.5, 0.6) is 5.75 Å². The molecule has 1 aliphatic heterocycles. The molecule has 4 heteroatoms. The molecule has 3 rings (SSSR count). The maximum Gasteiger partial charge on any atom is 0.241 e. The average molecular weight is 274 g/mol. The molecule has 1 saturated heterocycles. The Hall–Kier alpha value is -1.55. The first-order chi connectivity index (χ1) is 9.69. The second-order valence-electron chi connectivity index (χ2n) is 5.86. The summed E-state index contributed by atoms with van der Waals surface area (Å²) in [6.45, 7) is 2.81. The smallest absolute Gasteiger partial charge is 0.241 e. The fraction of sp³-hybridized carbons (Fsp3) is 0.562. The van der Waals surface area contributed by atoms with Crippen LogP contribution in [0, 0.1) is 5.92 Å². The van der Waals surface area contributed by atoms with Crippen LogP contribution in [0.3, 0.4) is 0 Å². The third-order valence-corrected chi connectivity index (χ3v) is 4.46. The van der Waals surface area contributed by atoms with Crippen LogP contribution in [0.2, 0.25) is 0 Å². The number of ether oxygens (including phenoxy) is 1. The third-order valence-electron chi connectivity index (χ3n) is 4.46. The number of nitrogens with one attached hydrogen (secondary N) is 1. The maximum atomic E-state index is 12.4. The van der Waals surface area contributed by atoms with Gasteiger partial charge in [-0.3, -0.25) is 10.1 Å². The van der Waals surface area contributed by atoms with Gasteiger partial charge in [-0.2, -0.15) is 0 Å². The number of carbonyl (C=O) groups excluding carboxylic acids is 1. The summed E-state index contributed by atoms with van der Waals surface area (Å²) in [6, 6.07) is 7.87. The van der Waals surface area contributed by atoms with Crippen molar-refractivity contribution in [2.45, 2.75) is 38.4 Å². The van der Waals surface area contributed by atoms with Gasteiger partial charge >= 0.3 is 0 Å². The minimum Gasteiger partial charge on any atom is -0.497 e. The Morgan fingerprint density at radius 1 is 1.40 bits per heavy atom. The molecule has 0 aromatic heterocycles. The first-order valence-electron chi connectivity index (χ1n) is 7.39. The lowest BCUT2D eigenvalue weighted by atomic mass is 9.85. The van der Waals surface area contributed by atoms with E-state index in [1.54, 1.807) is 7.11 Å². The lowest BCUT2D eigenvalue weighted by Crippen LogP contribution is -2.37. The Morgan fingerprint density at radius 3 is 2.85 bits per heavy atom. The molecule has 2 atom stereocenters. The van der Waals surface area contributed by atoms with Gasteiger partial charge in [-0.05, 0) is 43.4 Å². The Kier molecular flexibility index (Phi) is 3.66.